The molecule has 0 aliphatic heterocycles. The Morgan fingerprint density at radius 2 is 0.743 bits per heavy atom. The molecule has 0 aromatic heterocycles. The van der Waals surface area contributed by atoms with E-state index < -0.39 is 31.7 Å². The van der Waals surface area contributed by atoms with Crippen LogP contribution in [0.25, 0.3) is 0 Å². The van der Waals surface area contributed by atoms with Gasteiger partial charge in [-0.15, -0.1) is 0 Å². The molecule has 0 unspecified atom stereocenters. The molecule has 0 rings (SSSR count). The number of hydrogen-bond acceptors (Lipinski definition) is 11. The summed E-state index contributed by atoms with van der Waals surface area (Å²) in [6, 6.07) is 0. The van der Waals surface area contributed by atoms with Crippen molar-refractivity contribution in [3.05, 3.63) is 48.6 Å². The van der Waals surface area contributed by atoms with Crippen LogP contribution in [0.4, 0.5) is 0 Å². The van der Waals surface area contributed by atoms with E-state index in [1.165, 1.54) is 13.8 Å². The molecular formula is C22H33O12P. The van der Waals surface area contributed by atoms with Gasteiger partial charge in [-0.1, -0.05) is 26.3 Å². The smallest absolute Gasteiger partial charge is 0.460 e. The molecule has 0 spiro atoms. The SMILES string of the molecule is C=C(C)C(=O)OCCOC(=O)C(=C)C.C=C(C)C(=O)OCCOP(=O)(O)OCCOC(=O)C(=C)C. The zero-order chi connectivity index (χ0) is 27.6. The van der Waals surface area contributed by atoms with E-state index >= 15 is 0 Å². The molecule has 0 saturated heterocycles. The molecule has 198 valence electrons. The Bertz CT molecular complexity index is 792. The Morgan fingerprint density at radius 1 is 0.543 bits per heavy atom. The predicted octanol–water partition coefficient (Wildman–Crippen LogP) is 2.58. The molecule has 12 nitrogen and oxygen atoms in total. The molecule has 35 heavy (non-hydrogen) atoms. The molecule has 13 heteroatoms. The van der Waals surface area contributed by atoms with Crippen molar-refractivity contribution in [2.45, 2.75) is 27.7 Å². The van der Waals surface area contributed by atoms with E-state index in [-0.39, 0.29) is 50.8 Å². The van der Waals surface area contributed by atoms with E-state index in [9.17, 15) is 28.6 Å². The zero-order valence-electron chi connectivity index (χ0n) is 20.5. The average Bonchev–Trinajstić information content (AvgIpc) is 2.76. The number of carbonyl (C=O) groups excluding carboxylic acids is 4. The van der Waals surface area contributed by atoms with Crippen LogP contribution in [-0.2, 0) is 51.7 Å². The fraction of sp³-hybridized carbons (Fsp3) is 0.455. The monoisotopic (exact) mass is 520 g/mol. The van der Waals surface area contributed by atoms with Gasteiger partial charge in [0.25, 0.3) is 0 Å². The minimum Gasteiger partial charge on any atom is -0.460 e. The van der Waals surface area contributed by atoms with Gasteiger partial charge in [0.1, 0.15) is 26.4 Å². The van der Waals surface area contributed by atoms with Crippen LogP contribution in [0.5, 0.6) is 0 Å². The number of phosphoric acid groups is 1. The number of phosphoric ester groups is 1. The van der Waals surface area contributed by atoms with Crippen LogP contribution in [0.3, 0.4) is 0 Å². The zero-order valence-corrected chi connectivity index (χ0v) is 21.4. The third-order valence-electron chi connectivity index (χ3n) is 3.09. The number of carbonyl (C=O) groups is 4. The van der Waals surface area contributed by atoms with Crippen molar-refractivity contribution in [2.75, 3.05) is 39.6 Å². The van der Waals surface area contributed by atoms with Crippen LogP contribution in [0.1, 0.15) is 27.7 Å². The molecule has 0 bridgehead atoms. The maximum Gasteiger partial charge on any atom is 0.472 e. The lowest BCUT2D eigenvalue weighted by Gasteiger charge is -2.12. The Morgan fingerprint density at radius 3 is 0.943 bits per heavy atom. The molecule has 0 atom stereocenters. The molecule has 0 aromatic rings. The third-order valence-corrected chi connectivity index (χ3v) is 4.10. The maximum absolute atomic E-state index is 11.4. The Labute approximate surface area is 204 Å². The Balaban J connectivity index is 0. The summed E-state index contributed by atoms with van der Waals surface area (Å²) < 4.78 is 39.1. The summed E-state index contributed by atoms with van der Waals surface area (Å²) in [5.74, 6) is -2.23. The summed E-state index contributed by atoms with van der Waals surface area (Å²) in [5.41, 5.74) is 1.04. The average molecular weight is 520 g/mol. The highest BCUT2D eigenvalue weighted by Crippen LogP contribution is 2.42. The minimum atomic E-state index is -4.29. The van der Waals surface area contributed by atoms with E-state index in [2.05, 4.69) is 54.3 Å². The summed E-state index contributed by atoms with van der Waals surface area (Å²) in [5, 5.41) is 0. The van der Waals surface area contributed by atoms with Gasteiger partial charge in [0.2, 0.25) is 0 Å². The lowest BCUT2D eigenvalue weighted by molar-refractivity contribution is -0.147. The Kier molecular flexibility index (Phi) is 17.8. The summed E-state index contributed by atoms with van der Waals surface area (Å²) in [4.78, 5) is 52.9. The van der Waals surface area contributed by atoms with Crippen LogP contribution >= 0.6 is 7.82 Å². The first-order valence-corrected chi connectivity index (χ1v) is 11.5. The van der Waals surface area contributed by atoms with E-state index in [1.54, 1.807) is 13.8 Å². The van der Waals surface area contributed by atoms with Gasteiger partial charge in [-0.05, 0) is 27.7 Å². The highest BCUT2D eigenvalue weighted by molar-refractivity contribution is 7.47. The molecule has 0 aliphatic carbocycles. The van der Waals surface area contributed by atoms with E-state index in [0.717, 1.165) is 0 Å². The van der Waals surface area contributed by atoms with Gasteiger partial charge >= 0.3 is 31.7 Å². The third kappa shape index (κ3) is 20.1. The van der Waals surface area contributed by atoms with Crippen LogP contribution in [0.15, 0.2) is 48.6 Å². The van der Waals surface area contributed by atoms with Gasteiger partial charge in [0, 0.05) is 22.3 Å². The predicted molar refractivity (Wildman–Crippen MR) is 125 cm³/mol. The number of rotatable bonds is 15. The van der Waals surface area contributed by atoms with Crippen LogP contribution in [0, 0.1) is 0 Å². The molecule has 0 saturated carbocycles. The summed E-state index contributed by atoms with van der Waals surface area (Å²) >= 11 is 0. The Hall–Kier alpha value is -3.05. The lowest BCUT2D eigenvalue weighted by Crippen LogP contribution is -2.14. The quantitative estimate of drug-likeness (QED) is 0.111. The van der Waals surface area contributed by atoms with Crippen molar-refractivity contribution in [1.82, 2.24) is 0 Å². The van der Waals surface area contributed by atoms with E-state index in [4.69, 9.17) is 0 Å². The molecule has 0 heterocycles. The molecule has 0 amide bonds. The highest BCUT2D eigenvalue weighted by atomic mass is 31.2. The van der Waals surface area contributed by atoms with Crippen LogP contribution in [0.2, 0.25) is 0 Å². The summed E-state index contributed by atoms with van der Waals surface area (Å²) in [6.45, 7) is 18.5. The van der Waals surface area contributed by atoms with Crippen molar-refractivity contribution in [3.63, 3.8) is 0 Å². The van der Waals surface area contributed by atoms with Crippen molar-refractivity contribution < 1.29 is 56.6 Å². The van der Waals surface area contributed by atoms with Gasteiger partial charge in [-0.25, -0.2) is 23.7 Å². The first-order valence-electron chi connectivity index (χ1n) is 10.0. The standard InChI is InChI=1S/C12H19O8P.C10H14O4/c1-9(2)11(13)17-5-7-19-21(15,16)20-8-6-18-12(14)10(3)4;1-7(2)9(11)13-5-6-14-10(12)8(3)4/h1,3,5-8H2,2,4H3,(H,15,16);1,3,5-6H2,2,4H3. The largest absolute Gasteiger partial charge is 0.472 e. The molecule has 0 fully saturated rings. The van der Waals surface area contributed by atoms with Crippen molar-refractivity contribution >= 4 is 31.7 Å². The van der Waals surface area contributed by atoms with Crippen molar-refractivity contribution in [3.8, 4) is 0 Å². The maximum atomic E-state index is 11.4. The van der Waals surface area contributed by atoms with E-state index in [1.807, 2.05) is 0 Å². The second-order valence-corrected chi connectivity index (χ2v) is 8.25. The van der Waals surface area contributed by atoms with Crippen LogP contribution < -0.4 is 0 Å². The molecule has 0 radical (unpaired) electrons. The van der Waals surface area contributed by atoms with Gasteiger partial charge in [-0.2, -0.15) is 0 Å². The first kappa shape index (κ1) is 34.1. The van der Waals surface area contributed by atoms with Crippen molar-refractivity contribution in [2.24, 2.45) is 0 Å². The number of ether oxygens (including phenoxy) is 4. The lowest BCUT2D eigenvalue weighted by atomic mass is 10.4. The fourth-order valence-corrected chi connectivity index (χ4v) is 2.06. The molecule has 1 N–H and O–H groups in total. The van der Waals surface area contributed by atoms with E-state index in [0.29, 0.717) is 11.1 Å². The second-order valence-electron chi connectivity index (χ2n) is 6.80. The van der Waals surface area contributed by atoms with Gasteiger partial charge < -0.3 is 23.8 Å². The fourth-order valence-electron chi connectivity index (χ4n) is 1.37. The van der Waals surface area contributed by atoms with Gasteiger partial charge in [0.15, 0.2) is 0 Å². The number of hydrogen-bond donors (Lipinski definition) is 1. The topological polar surface area (TPSA) is 161 Å². The van der Waals surface area contributed by atoms with Gasteiger partial charge in [0.05, 0.1) is 13.2 Å². The molecule has 0 aliphatic rings. The van der Waals surface area contributed by atoms with Crippen LogP contribution in [-0.4, -0.2) is 68.4 Å². The normalized spacial score (nSPS) is 10.1. The summed E-state index contributed by atoms with van der Waals surface area (Å²) in [6.07, 6.45) is 0. The second kappa shape index (κ2) is 18.3. The minimum absolute atomic E-state index is 0.0325. The molecule has 0 aromatic carbocycles. The molecular weight excluding hydrogens is 487 g/mol. The van der Waals surface area contributed by atoms with Gasteiger partial charge in [-0.3, -0.25) is 9.05 Å². The first-order chi connectivity index (χ1) is 16.1. The highest BCUT2D eigenvalue weighted by Gasteiger charge is 2.21. The number of esters is 4. The summed E-state index contributed by atoms with van der Waals surface area (Å²) in [7, 11) is -4.29. The van der Waals surface area contributed by atoms with Crippen molar-refractivity contribution in [1.29, 1.82) is 0 Å².